The van der Waals surface area contributed by atoms with Crippen LogP contribution in [0.5, 0.6) is 5.75 Å². The van der Waals surface area contributed by atoms with Crippen LogP contribution in [0.1, 0.15) is 6.92 Å². The fourth-order valence-corrected chi connectivity index (χ4v) is 1.71. The van der Waals surface area contributed by atoms with E-state index in [0.29, 0.717) is 4.47 Å². The summed E-state index contributed by atoms with van der Waals surface area (Å²) in [7, 11) is 1.48. The van der Waals surface area contributed by atoms with Crippen LogP contribution in [0, 0.1) is 10.1 Å². The van der Waals surface area contributed by atoms with Gasteiger partial charge in [0, 0.05) is 6.07 Å². The number of nitro groups is 1. The van der Waals surface area contributed by atoms with Crippen LogP contribution in [0.15, 0.2) is 22.7 Å². The third-order valence-corrected chi connectivity index (χ3v) is 3.30. The summed E-state index contributed by atoms with van der Waals surface area (Å²) < 4.78 is 5.71. The third-order valence-electron chi connectivity index (χ3n) is 2.67. The molecule has 1 rings (SSSR count). The van der Waals surface area contributed by atoms with Gasteiger partial charge in [-0.3, -0.25) is 14.9 Å². The van der Waals surface area contributed by atoms with E-state index >= 15 is 0 Å². The fraction of sp³-hybridized carbons (Fsp3) is 0.364. The van der Waals surface area contributed by atoms with Crippen molar-refractivity contribution in [1.82, 2.24) is 5.32 Å². The number of nitrogens with zero attached hydrogens (tertiary/aromatic N) is 1. The lowest BCUT2D eigenvalue weighted by atomic mass is 10.1. The molecule has 0 saturated carbocycles. The van der Waals surface area contributed by atoms with Crippen LogP contribution < -0.4 is 10.1 Å². The van der Waals surface area contributed by atoms with Crippen LogP contribution in [0.3, 0.4) is 0 Å². The van der Waals surface area contributed by atoms with Crippen LogP contribution in [-0.4, -0.2) is 35.2 Å². The van der Waals surface area contributed by atoms with Gasteiger partial charge in [-0.2, -0.15) is 0 Å². The molecule has 104 valence electrons. The van der Waals surface area contributed by atoms with Crippen molar-refractivity contribution in [3.63, 3.8) is 0 Å². The number of hydrogen-bond acceptors (Lipinski definition) is 5. The molecule has 2 N–H and O–H groups in total. The number of hydrogen-bond donors (Lipinski definition) is 2. The number of para-hydroxylation sites is 1. The van der Waals surface area contributed by atoms with E-state index in [1.807, 2.05) is 0 Å². The summed E-state index contributed by atoms with van der Waals surface area (Å²) >= 11 is 3.14. The van der Waals surface area contributed by atoms with Gasteiger partial charge in [0.25, 0.3) is 0 Å². The van der Waals surface area contributed by atoms with Gasteiger partial charge in [0.15, 0.2) is 0 Å². The number of rotatable bonds is 6. The zero-order chi connectivity index (χ0) is 14.6. The van der Waals surface area contributed by atoms with E-state index in [1.54, 1.807) is 6.07 Å². The van der Waals surface area contributed by atoms with E-state index in [4.69, 9.17) is 9.84 Å². The summed E-state index contributed by atoms with van der Waals surface area (Å²) in [6.45, 7) is 1.18. The molecule has 7 nitrogen and oxygen atoms in total. The number of nitrogens with one attached hydrogen (secondary N) is 1. The molecule has 1 aromatic carbocycles. The maximum Gasteiger partial charge on any atom is 0.327 e. The number of aliphatic carboxylic acids is 1. The summed E-state index contributed by atoms with van der Waals surface area (Å²) in [4.78, 5) is 21.4. The Balaban J connectivity index is 3.01. The highest BCUT2D eigenvalue weighted by molar-refractivity contribution is 9.10. The molecule has 0 aromatic heterocycles. The number of carboxylic acid groups (broad SMARTS) is 1. The number of likely N-dealkylation sites (N-methyl/N-ethyl adjacent to an activating group) is 1. The minimum atomic E-state index is -1.33. The number of nitro benzene ring substituents is 1. The third kappa shape index (κ3) is 3.42. The van der Waals surface area contributed by atoms with Gasteiger partial charge in [0.2, 0.25) is 5.75 Å². The summed E-state index contributed by atoms with van der Waals surface area (Å²) in [5.41, 5.74) is -1.55. The predicted molar refractivity (Wildman–Crippen MR) is 71.4 cm³/mol. The normalized spacial score (nSPS) is 13.6. The Hall–Kier alpha value is -1.67. The molecule has 0 saturated heterocycles. The molecule has 0 spiro atoms. The number of benzene rings is 1. The second kappa shape index (κ2) is 5.98. The molecular weight excluding hydrogens is 320 g/mol. The van der Waals surface area contributed by atoms with Crippen molar-refractivity contribution in [2.75, 3.05) is 13.7 Å². The minimum absolute atomic E-state index is 0.00947. The summed E-state index contributed by atoms with van der Waals surface area (Å²) in [5, 5.41) is 22.6. The van der Waals surface area contributed by atoms with Crippen molar-refractivity contribution in [1.29, 1.82) is 0 Å². The van der Waals surface area contributed by atoms with Gasteiger partial charge in [-0.25, -0.2) is 0 Å². The van der Waals surface area contributed by atoms with Crippen LogP contribution >= 0.6 is 15.9 Å². The van der Waals surface area contributed by atoms with E-state index in [0.717, 1.165) is 0 Å². The SMILES string of the molecule is CNC(C)(COc1c(Br)cccc1[N+](=O)[O-])C(=O)O. The Morgan fingerprint density at radius 3 is 2.74 bits per heavy atom. The average Bonchev–Trinajstić information content (AvgIpc) is 2.36. The second-order valence-electron chi connectivity index (χ2n) is 4.02. The monoisotopic (exact) mass is 332 g/mol. The maximum atomic E-state index is 11.1. The van der Waals surface area contributed by atoms with Gasteiger partial charge >= 0.3 is 11.7 Å². The Labute approximate surface area is 117 Å². The molecule has 1 atom stereocenters. The summed E-state index contributed by atoms with van der Waals surface area (Å²) in [6, 6.07) is 4.38. The summed E-state index contributed by atoms with van der Waals surface area (Å²) in [5.74, 6) is -1.10. The molecule has 8 heteroatoms. The Morgan fingerprint density at radius 1 is 1.63 bits per heavy atom. The van der Waals surface area contributed by atoms with Crippen LogP contribution in [-0.2, 0) is 4.79 Å². The molecule has 0 aliphatic carbocycles. The van der Waals surface area contributed by atoms with Crippen LogP contribution in [0.4, 0.5) is 5.69 Å². The van der Waals surface area contributed by atoms with Crippen molar-refractivity contribution in [3.8, 4) is 5.75 Å². The molecule has 1 unspecified atom stereocenters. The van der Waals surface area contributed by atoms with E-state index in [9.17, 15) is 14.9 Å². The average molecular weight is 333 g/mol. The molecule has 0 fully saturated rings. The first-order valence-electron chi connectivity index (χ1n) is 5.30. The largest absolute Gasteiger partial charge is 0.483 e. The Bertz CT molecular complexity index is 508. The topological polar surface area (TPSA) is 102 Å². The van der Waals surface area contributed by atoms with Gasteiger partial charge < -0.3 is 15.2 Å². The fourth-order valence-electron chi connectivity index (χ4n) is 1.24. The van der Waals surface area contributed by atoms with E-state index in [1.165, 1.54) is 26.1 Å². The van der Waals surface area contributed by atoms with Crippen LogP contribution in [0.2, 0.25) is 0 Å². The molecule has 0 aliphatic rings. The van der Waals surface area contributed by atoms with Gasteiger partial charge in [-0.05, 0) is 36.0 Å². The first-order chi connectivity index (χ1) is 8.81. The Kier molecular flexibility index (Phi) is 4.84. The lowest BCUT2D eigenvalue weighted by molar-refractivity contribution is -0.386. The van der Waals surface area contributed by atoms with Gasteiger partial charge in [-0.15, -0.1) is 0 Å². The highest BCUT2D eigenvalue weighted by Gasteiger charge is 2.33. The van der Waals surface area contributed by atoms with Gasteiger partial charge in [-0.1, -0.05) is 6.07 Å². The summed E-state index contributed by atoms with van der Waals surface area (Å²) in [6.07, 6.45) is 0. The molecule has 0 radical (unpaired) electrons. The highest BCUT2D eigenvalue weighted by Crippen LogP contribution is 2.35. The first-order valence-corrected chi connectivity index (χ1v) is 6.09. The minimum Gasteiger partial charge on any atom is -0.483 e. The lowest BCUT2D eigenvalue weighted by Crippen LogP contribution is -2.52. The van der Waals surface area contributed by atoms with E-state index in [2.05, 4.69) is 21.2 Å². The van der Waals surface area contributed by atoms with Crippen LogP contribution in [0.25, 0.3) is 0 Å². The molecular formula is C11H13BrN2O5. The van der Waals surface area contributed by atoms with Crippen molar-refractivity contribution in [2.24, 2.45) is 0 Å². The van der Waals surface area contributed by atoms with Crippen molar-refractivity contribution < 1.29 is 19.6 Å². The molecule has 0 bridgehead atoms. The zero-order valence-corrected chi connectivity index (χ0v) is 11.9. The van der Waals surface area contributed by atoms with Crippen molar-refractivity contribution in [2.45, 2.75) is 12.5 Å². The number of halogens is 1. The predicted octanol–water partition coefficient (Wildman–Crippen LogP) is 1.80. The zero-order valence-electron chi connectivity index (χ0n) is 10.3. The van der Waals surface area contributed by atoms with Gasteiger partial charge in [0.05, 0.1) is 9.40 Å². The maximum absolute atomic E-state index is 11.1. The molecule has 0 heterocycles. The number of carbonyl (C=O) groups is 1. The molecule has 0 amide bonds. The second-order valence-corrected chi connectivity index (χ2v) is 4.88. The standard InChI is InChI=1S/C11H13BrN2O5/c1-11(13-2,10(15)16)6-19-9-7(12)4-3-5-8(9)14(17)18/h3-5,13H,6H2,1-2H3,(H,15,16). The molecule has 19 heavy (non-hydrogen) atoms. The van der Waals surface area contributed by atoms with E-state index in [-0.39, 0.29) is 18.0 Å². The quantitative estimate of drug-likeness (QED) is 0.608. The molecule has 1 aromatic rings. The highest BCUT2D eigenvalue weighted by atomic mass is 79.9. The Morgan fingerprint density at radius 2 is 2.26 bits per heavy atom. The smallest absolute Gasteiger partial charge is 0.327 e. The van der Waals surface area contributed by atoms with Crippen molar-refractivity contribution >= 4 is 27.6 Å². The van der Waals surface area contributed by atoms with Gasteiger partial charge in [0.1, 0.15) is 12.1 Å². The van der Waals surface area contributed by atoms with Crippen molar-refractivity contribution in [3.05, 3.63) is 32.8 Å². The lowest BCUT2D eigenvalue weighted by Gasteiger charge is -2.24. The number of ether oxygens (including phenoxy) is 1. The number of carboxylic acids is 1. The van der Waals surface area contributed by atoms with E-state index < -0.39 is 16.4 Å². The molecule has 0 aliphatic heterocycles. The first kappa shape index (κ1) is 15.4.